The summed E-state index contributed by atoms with van der Waals surface area (Å²) in [7, 11) is -3.73. The van der Waals surface area contributed by atoms with Crippen LogP contribution in [0, 0.1) is 0 Å². The summed E-state index contributed by atoms with van der Waals surface area (Å²) in [6.07, 6.45) is 0.153. The molecule has 0 bridgehead atoms. The van der Waals surface area contributed by atoms with E-state index in [1.54, 1.807) is 6.92 Å². The largest absolute Gasteiger partial charge is 0.440 e. The molecule has 0 aliphatic rings. The molecule has 0 aliphatic heterocycles. The Bertz CT molecular complexity index is 448. The molecule has 0 saturated heterocycles. The predicted octanol–water partition coefficient (Wildman–Crippen LogP) is 0.141. The average molecular weight is 247 g/mol. The molecule has 16 heavy (non-hydrogen) atoms. The van der Waals surface area contributed by atoms with Crippen LogP contribution in [0.2, 0.25) is 0 Å². The fraction of sp³-hybridized carbons (Fsp3) is 0.444. The first-order valence-electron chi connectivity index (χ1n) is 4.68. The first kappa shape index (κ1) is 12.9. The Labute approximate surface area is 93.3 Å². The van der Waals surface area contributed by atoms with Gasteiger partial charge in [0.1, 0.15) is 0 Å². The number of rotatable bonds is 6. The van der Waals surface area contributed by atoms with Gasteiger partial charge in [0, 0.05) is 6.54 Å². The molecule has 0 saturated carbocycles. The molecule has 1 rings (SSSR count). The lowest BCUT2D eigenvalue weighted by molar-refractivity contribution is 0.109. The average Bonchev–Trinajstić information content (AvgIpc) is 2.65. The Morgan fingerprint density at radius 1 is 1.56 bits per heavy atom. The van der Waals surface area contributed by atoms with Gasteiger partial charge in [-0.1, -0.05) is 0 Å². The zero-order chi connectivity index (χ0) is 12.2. The maximum atomic E-state index is 11.5. The first-order chi connectivity index (χ1) is 7.45. The van der Waals surface area contributed by atoms with E-state index in [9.17, 15) is 13.2 Å². The summed E-state index contributed by atoms with van der Waals surface area (Å²) in [4.78, 5) is 10.3. The predicted molar refractivity (Wildman–Crippen MR) is 55.6 cm³/mol. The van der Waals surface area contributed by atoms with Crippen molar-refractivity contribution in [3.8, 4) is 0 Å². The molecule has 1 aromatic heterocycles. The van der Waals surface area contributed by atoms with Crippen LogP contribution in [-0.2, 0) is 10.0 Å². The lowest BCUT2D eigenvalue weighted by atomic mass is 10.3. The molecule has 7 heteroatoms. The third-order valence-electron chi connectivity index (χ3n) is 1.84. The Morgan fingerprint density at radius 2 is 2.25 bits per heavy atom. The fourth-order valence-corrected chi connectivity index (χ4v) is 2.00. The van der Waals surface area contributed by atoms with Crippen LogP contribution in [0.3, 0.4) is 0 Å². The number of hydrogen-bond acceptors (Lipinski definition) is 5. The number of sulfonamides is 1. The highest BCUT2D eigenvalue weighted by Crippen LogP contribution is 2.12. The summed E-state index contributed by atoms with van der Waals surface area (Å²) in [5.74, 6) is -0.0455. The van der Waals surface area contributed by atoms with Gasteiger partial charge in [-0.2, -0.15) is 0 Å². The lowest BCUT2D eigenvalue weighted by Crippen LogP contribution is -2.26. The van der Waals surface area contributed by atoms with E-state index in [0.29, 0.717) is 12.7 Å². The topological polar surface area (TPSA) is 96.6 Å². The van der Waals surface area contributed by atoms with Crippen LogP contribution in [0.15, 0.2) is 21.6 Å². The zero-order valence-corrected chi connectivity index (χ0v) is 9.53. The van der Waals surface area contributed by atoms with Gasteiger partial charge in [0.15, 0.2) is 12.0 Å². The van der Waals surface area contributed by atoms with Crippen LogP contribution in [0.25, 0.3) is 0 Å². The molecule has 1 heterocycles. The zero-order valence-electron chi connectivity index (χ0n) is 8.71. The minimum Gasteiger partial charge on any atom is -0.440 e. The second-order valence-electron chi connectivity index (χ2n) is 3.31. The standard InChI is InChI=1S/C9H13NO5S/c1-7(12)4-5-10-16(13,14)9-3-2-8(6-11)15-9/h2-3,6-7,10,12H,4-5H2,1H3. The molecule has 1 atom stereocenters. The van der Waals surface area contributed by atoms with Gasteiger partial charge in [0.25, 0.3) is 10.0 Å². The van der Waals surface area contributed by atoms with Gasteiger partial charge in [0.05, 0.1) is 6.10 Å². The third-order valence-corrected chi connectivity index (χ3v) is 3.17. The van der Waals surface area contributed by atoms with Gasteiger partial charge in [-0.3, -0.25) is 4.79 Å². The molecule has 0 radical (unpaired) electrons. The summed E-state index contributed by atoms with van der Waals surface area (Å²) in [6, 6.07) is 2.48. The van der Waals surface area contributed by atoms with Gasteiger partial charge >= 0.3 is 0 Å². The lowest BCUT2D eigenvalue weighted by Gasteiger charge is -2.05. The first-order valence-corrected chi connectivity index (χ1v) is 6.17. The van der Waals surface area contributed by atoms with E-state index >= 15 is 0 Å². The van der Waals surface area contributed by atoms with Crippen LogP contribution in [0.1, 0.15) is 23.9 Å². The second-order valence-corrected chi connectivity index (χ2v) is 5.01. The molecular formula is C9H13NO5S. The molecule has 0 aromatic carbocycles. The number of aliphatic hydroxyl groups excluding tert-OH is 1. The highest BCUT2D eigenvalue weighted by atomic mass is 32.2. The van der Waals surface area contributed by atoms with Gasteiger partial charge in [-0.05, 0) is 25.5 Å². The molecule has 90 valence electrons. The summed E-state index contributed by atoms with van der Waals surface area (Å²) in [5, 5.41) is 8.65. The minimum atomic E-state index is -3.73. The van der Waals surface area contributed by atoms with E-state index in [1.165, 1.54) is 12.1 Å². The Balaban J connectivity index is 2.66. The van der Waals surface area contributed by atoms with E-state index in [0.717, 1.165) is 0 Å². The Hall–Kier alpha value is -1.18. The number of aldehydes is 1. The van der Waals surface area contributed by atoms with E-state index < -0.39 is 16.1 Å². The van der Waals surface area contributed by atoms with Gasteiger partial charge in [0.2, 0.25) is 5.09 Å². The molecule has 1 aromatic rings. The molecule has 6 nitrogen and oxygen atoms in total. The van der Waals surface area contributed by atoms with Crippen molar-refractivity contribution in [3.05, 3.63) is 17.9 Å². The number of carbonyl (C=O) groups is 1. The minimum absolute atomic E-state index is 0.0455. The van der Waals surface area contributed by atoms with Crippen molar-refractivity contribution in [1.82, 2.24) is 4.72 Å². The maximum Gasteiger partial charge on any atom is 0.273 e. The molecule has 2 N–H and O–H groups in total. The van der Waals surface area contributed by atoms with E-state index in [1.807, 2.05) is 0 Å². The van der Waals surface area contributed by atoms with E-state index in [-0.39, 0.29) is 17.4 Å². The van der Waals surface area contributed by atoms with Crippen molar-refractivity contribution in [2.45, 2.75) is 24.5 Å². The highest BCUT2D eigenvalue weighted by molar-refractivity contribution is 7.89. The van der Waals surface area contributed by atoms with Crippen LogP contribution >= 0.6 is 0 Å². The maximum absolute atomic E-state index is 11.5. The van der Waals surface area contributed by atoms with Crippen molar-refractivity contribution < 1.29 is 22.7 Å². The number of aliphatic hydroxyl groups is 1. The normalized spacial score (nSPS) is 13.6. The third kappa shape index (κ3) is 3.44. The van der Waals surface area contributed by atoms with Crippen molar-refractivity contribution in [2.24, 2.45) is 0 Å². The summed E-state index contributed by atoms with van der Waals surface area (Å²) < 4.78 is 30.1. The van der Waals surface area contributed by atoms with Crippen molar-refractivity contribution >= 4 is 16.3 Å². The number of carbonyl (C=O) groups excluding carboxylic acids is 1. The van der Waals surface area contributed by atoms with Gasteiger partial charge in [-0.15, -0.1) is 0 Å². The van der Waals surface area contributed by atoms with Crippen molar-refractivity contribution in [3.63, 3.8) is 0 Å². The van der Waals surface area contributed by atoms with Crippen LogP contribution in [0.5, 0.6) is 0 Å². The molecular weight excluding hydrogens is 234 g/mol. The number of hydrogen-bond donors (Lipinski definition) is 2. The fourth-order valence-electron chi connectivity index (χ4n) is 1.02. The highest BCUT2D eigenvalue weighted by Gasteiger charge is 2.18. The quantitative estimate of drug-likeness (QED) is 0.697. The second kappa shape index (κ2) is 5.24. The molecule has 0 spiro atoms. The van der Waals surface area contributed by atoms with Gasteiger partial charge in [-0.25, -0.2) is 13.1 Å². The summed E-state index contributed by atoms with van der Waals surface area (Å²) >= 11 is 0. The molecule has 0 aliphatic carbocycles. The molecule has 0 amide bonds. The van der Waals surface area contributed by atoms with Crippen molar-refractivity contribution in [2.75, 3.05) is 6.54 Å². The molecule has 1 unspecified atom stereocenters. The monoisotopic (exact) mass is 247 g/mol. The summed E-state index contributed by atoms with van der Waals surface area (Å²) in [5.41, 5.74) is 0. The SMILES string of the molecule is CC(O)CCNS(=O)(=O)c1ccc(C=O)o1. The van der Waals surface area contributed by atoms with E-state index in [4.69, 9.17) is 9.52 Å². The number of furan rings is 1. The smallest absolute Gasteiger partial charge is 0.273 e. The molecule has 0 fully saturated rings. The Kier molecular flexibility index (Phi) is 4.22. The van der Waals surface area contributed by atoms with Gasteiger partial charge < -0.3 is 9.52 Å². The van der Waals surface area contributed by atoms with E-state index in [2.05, 4.69) is 4.72 Å². The van der Waals surface area contributed by atoms with Crippen LogP contribution in [-0.4, -0.2) is 32.5 Å². The number of nitrogens with one attached hydrogen (secondary N) is 1. The Morgan fingerprint density at radius 3 is 2.75 bits per heavy atom. The van der Waals surface area contributed by atoms with Crippen LogP contribution in [0.4, 0.5) is 0 Å². The summed E-state index contributed by atoms with van der Waals surface area (Å²) in [6.45, 7) is 1.67. The van der Waals surface area contributed by atoms with Crippen LogP contribution < -0.4 is 4.72 Å². The van der Waals surface area contributed by atoms with Crippen molar-refractivity contribution in [1.29, 1.82) is 0 Å².